The van der Waals surface area contributed by atoms with E-state index in [0.717, 1.165) is 18.5 Å². The van der Waals surface area contributed by atoms with Gasteiger partial charge in [-0.15, -0.1) is 0 Å². The van der Waals surface area contributed by atoms with Crippen LogP contribution in [-0.4, -0.2) is 0 Å². The molecule has 238 valence electrons. The maximum atomic E-state index is 2.47. The lowest BCUT2D eigenvalue weighted by atomic mass is 9.78. The van der Waals surface area contributed by atoms with E-state index < -0.39 is 0 Å². The summed E-state index contributed by atoms with van der Waals surface area (Å²) >= 11 is 0. The molecule has 3 aliphatic rings. The van der Waals surface area contributed by atoms with Gasteiger partial charge in [-0.3, -0.25) is 0 Å². The molecule has 0 radical (unpaired) electrons. The van der Waals surface area contributed by atoms with Crippen LogP contribution in [-0.2, 0) is 10.8 Å². The Kier molecular flexibility index (Phi) is 6.71. The Morgan fingerprint density at radius 2 is 0.939 bits per heavy atom. The molecule has 0 heterocycles. The van der Waals surface area contributed by atoms with E-state index in [-0.39, 0.29) is 10.8 Å². The average Bonchev–Trinajstić information content (AvgIpc) is 3.51. The van der Waals surface area contributed by atoms with Crippen LogP contribution in [0.3, 0.4) is 0 Å². The third-order valence-corrected chi connectivity index (χ3v) is 11.4. The van der Waals surface area contributed by atoms with E-state index in [0.29, 0.717) is 0 Å². The van der Waals surface area contributed by atoms with Gasteiger partial charge in [-0.2, -0.15) is 0 Å². The summed E-state index contributed by atoms with van der Waals surface area (Å²) in [5.41, 5.74) is 19.7. The van der Waals surface area contributed by atoms with E-state index in [1.54, 1.807) is 5.57 Å². The van der Waals surface area contributed by atoms with Gasteiger partial charge in [0.25, 0.3) is 0 Å². The second-order valence-electron chi connectivity index (χ2n) is 14.9. The molecule has 0 saturated carbocycles. The van der Waals surface area contributed by atoms with Crippen molar-refractivity contribution in [1.29, 1.82) is 0 Å². The van der Waals surface area contributed by atoms with Crippen LogP contribution in [0.5, 0.6) is 0 Å². The molecule has 0 fully saturated rings. The lowest BCUT2D eigenvalue weighted by Gasteiger charge is -2.30. The molecule has 0 aliphatic heterocycles. The van der Waals surface area contributed by atoms with Gasteiger partial charge >= 0.3 is 0 Å². The summed E-state index contributed by atoms with van der Waals surface area (Å²) in [4.78, 5) is 2.47. The summed E-state index contributed by atoms with van der Waals surface area (Å²) < 4.78 is 0. The van der Waals surface area contributed by atoms with Gasteiger partial charge in [0.1, 0.15) is 0 Å². The predicted octanol–water partition coefficient (Wildman–Crippen LogP) is 13.2. The van der Waals surface area contributed by atoms with Gasteiger partial charge in [-0.1, -0.05) is 142 Å². The molecule has 0 spiro atoms. The summed E-state index contributed by atoms with van der Waals surface area (Å²) in [7, 11) is 0. The summed E-state index contributed by atoms with van der Waals surface area (Å²) in [6.07, 6.45) is 6.96. The normalized spacial score (nSPS) is 16.2. The highest BCUT2D eigenvalue weighted by atomic mass is 15.1. The van der Waals surface area contributed by atoms with Gasteiger partial charge in [-0.05, 0) is 117 Å². The number of fused-ring (bicyclic) bond motifs is 5. The SMILES string of the molecule is CC1(C)C2=C(C=CCC2)c2ccc(N(c3ccc(-c4ccccc4)cc3)c3ccc4c(c3)C(C)(C)c3cc(-c5ccccc5)ccc3-4)cc21. The van der Waals surface area contributed by atoms with Crippen molar-refractivity contribution in [3.05, 3.63) is 180 Å². The molecule has 49 heavy (non-hydrogen) atoms. The maximum Gasteiger partial charge on any atom is 0.0465 e. The Labute approximate surface area is 290 Å². The highest BCUT2D eigenvalue weighted by Crippen LogP contribution is 2.54. The van der Waals surface area contributed by atoms with Crippen molar-refractivity contribution < 1.29 is 0 Å². The number of anilines is 3. The minimum atomic E-state index is -0.135. The Morgan fingerprint density at radius 3 is 1.59 bits per heavy atom. The van der Waals surface area contributed by atoms with E-state index in [9.17, 15) is 0 Å². The monoisotopic (exact) mass is 631 g/mol. The number of benzene rings is 6. The van der Waals surface area contributed by atoms with E-state index >= 15 is 0 Å². The molecule has 0 aromatic heterocycles. The topological polar surface area (TPSA) is 3.24 Å². The quantitative estimate of drug-likeness (QED) is 0.183. The lowest BCUT2D eigenvalue weighted by molar-refractivity contribution is 0.607. The van der Waals surface area contributed by atoms with Crippen LogP contribution >= 0.6 is 0 Å². The molecular weight excluding hydrogens is 591 g/mol. The van der Waals surface area contributed by atoms with Crippen molar-refractivity contribution in [2.75, 3.05) is 4.90 Å². The van der Waals surface area contributed by atoms with Crippen LogP contribution in [0.15, 0.2) is 157 Å². The molecule has 0 bridgehead atoms. The first-order valence-electron chi connectivity index (χ1n) is 17.7. The minimum Gasteiger partial charge on any atom is -0.310 e. The zero-order valence-corrected chi connectivity index (χ0v) is 28.8. The Morgan fingerprint density at radius 1 is 0.449 bits per heavy atom. The largest absolute Gasteiger partial charge is 0.310 e. The summed E-state index contributed by atoms with van der Waals surface area (Å²) in [6, 6.07) is 51.8. The van der Waals surface area contributed by atoms with E-state index in [4.69, 9.17) is 0 Å². The van der Waals surface area contributed by atoms with Crippen LogP contribution in [0.4, 0.5) is 17.1 Å². The number of allylic oxidation sites excluding steroid dienone is 4. The highest BCUT2D eigenvalue weighted by molar-refractivity contribution is 5.91. The molecule has 3 aliphatic carbocycles. The third-order valence-electron chi connectivity index (χ3n) is 11.4. The second kappa shape index (κ2) is 11.1. The van der Waals surface area contributed by atoms with E-state index in [1.807, 2.05) is 0 Å². The molecule has 0 unspecified atom stereocenters. The van der Waals surface area contributed by atoms with Gasteiger partial charge in [-0.25, -0.2) is 0 Å². The van der Waals surface area contributed by atoms with E-state index in [2.05, 4.69) is 184 Å². The maximum absolute atomic E-state index is 2.47. The standard InChI is InChI=1S/C48H41N/c1-47(2)43-18-12-11-17-39(43)41-27-24-37(30-45(41)47)49(36-22-19-34(20-23-36)32-13-7-5-8-14-32)38-25-28-42-40-26-21-35(33-15-9-6-10-16-33)29-44(40)48(3,4)46(42)31-38/h5-11,13-17,19-31H,12,18H2,1-4H3. The van der Waals surface area contributed by atoms with Crippen LogP contribution in [0.1, 0.15) is 62.8 Å². The van der Waals surface area contributed by atoms with E-state index in [1.165, 1.54) is 72.6 Å². The van der Waals surface area contributed by atoms with Crippen molar-refractivity contribution in [3.8, 4) is 33.4 Å². The van der Waals surface area contributed by atoms with Gasteiger partial charge in [0.05, 0.1) is 0 Å². The molecule has 0 amide bonds. The van der Waals surface area contributed by atoms with Crippen molar-refractivity contribution in [1.82, 2.24) is 0 Å². The van der Waals surface area contributed by atoms with Gasteiger partial charge < -0.3 is 4.90 Å². The Hall–Kier alpha value is -5.40. The first-order valence-corrected chi connectivity index (χ1v) is 17.7. The van der Waals surface area contributed by atoms with Gasteiger partial charge in [0.15, 0.2) is 0 Å². The predicted molar refractivity (Wildman–Crippen MR) is 208 cm³/mol. The van der Waals surface area contributed by atoms with Crippen molar-refractivity contribution in [2.45, 2.75) is 51.4 Å². The van der Waals surface area contributed by atoms with Crippen LogP contribution in [0.25, 0.3) is 39.0 Å². The molecule has 0 atom stereocenters. The fourth-order valence-electron chi connectivity index (χ4n) is 8.71. The zero-order valence-electron chi connectivity index (χ0n) is 28.8. The second-order valence-corrected chi connectivity index (χ2v) is 14.9. The van der Waals surface area contributed by atoms with Crippen LogP contribution in [0, 0.1) is 0 Å². The highest BCUT2D eigenvalue weighted by Gasteiger charge is 2.39. The molecule has 0 saturated heterocycles. The summed E-state index contributed by atoms with van der Waals surface area (Å²) in [6.45, 7) is 9.59. The average molecular weight is 632 g/mol. The molecule has 0 N–H and O–H groups in total. The van der Waals surface area contributed by atoms with Gasteiger partial charge in [0.2, 0.25) is 0 Å². The number of hydrogen-bond acceptors (Lipinski definition) is 1. The van der Waals surface area contributed by atoms with Crippen LogP contribution in [0.2, 0.25) is 0 Å². The fraction of sp³-hybridized carbons (Fsp3) is 0.167. The zero-order chi connectivity index (χ0) is 33.3. The molecule has 1 heteroatoms. The van der Waals surface area contributed by atoms with Gasteiger partial charge in [0, 0.05) is 27.9 Å². The smallest absolute Gasteiger partial charge is 0.0465 e. The molecule has 9 rings (SSSR count). The minimum absolute atomic E-state index is 0.00625. The lowest BCUT2D eigenvalue weighted by Crippen LogP contribution is -2.19. The first kappa shape index (κ1) is 29.7. The Balaban J connectivity index is 1.17. The summed E-state index contributed by atoms with van der Waals surface area (Å²) in [5.74, 6) is 0. The molecule has 1 nitrogen and oxygen atoms in total. The molecular formula is C48H41N. The van der Waals surface area contributed by atoms with Crippen molar-refractivity contribution >= 4 is 22.6 Å². The van der Waals surface area contributed by atoms with Crippen LogP contribution < -0.4 is 4.90 Å². The summed E-state index contributed by atoms with van der Waals surface area (Å²) in [5, 5.41) is 0. The van der Waals surface area contributed by atoms with Crippen molar-refractivity contribution in [3.63, 3.8) is 0 Å². The number of nitrogens with zero attached hydrogens (tertiary/aromatic N) is 1. The Bertz CT molecular complexity index is 2300. The first-order chi connectivity index (χ1) is 23.8. The third kappa shape index (κ3) is 4.67. The molecule has 6 aromatic rings. The molecule has 6 aromatic carbocycles. The number of rotatable bonds is 5. The number of hydrogen-bond donors (Lipinski definition) is 0. The van der Waals surface area contributed by atoms with Crippen molar-refractivity contribution in [2.24, 2.45) is 0 Å². The fourth-order valence-corrected chi connectivity index (χ4v) is 8.71.